The minimum atomic E-state index is -0.773. The van der Waals surface area contributed by atoms with Gasteiger partial charge in [-0.05, 0) is 23.3 Å². The number of carbonyl (C=O) groups is 1. The van der Waals surface area contributed by atoms with Crippen LogP contribution in [-0.2, 0) is 11.8 Å². The largest absolute Gasteiger partial charge is 0.497 e. The van der Waals surface area contributed by atoms with Crippen LogP contribution in [0.2, 0.25) is 0 Å². The molecule has 1 aliphatic rings. The number of aliphatic hydroxyl groups excluding tert-OH is 1. The molecule has 0 radical (unpaired) electrons. The third-order valence-electron chi connectivity index (χ3n) is 4.65. The maximum atomic E-state index is 12.6. The van der Waals surface area contributed by atoms with E-state index in [4.69, 9.17) is 4.74 Å². The molecule has 0 aliphatic carbocycles. The van der Waals surface area contributed by atoms with E-state index in [9.17, 15) is 9.90 Å². The summed E-state index contributed by atoms with van der Waals surface area (Å²) >= 11 is 0. The first-order valence-corrected chi connectivity index (χ1v) is 8.37. The first-order valence-electron chi connectivity index (χ1n) is 8.37. The zero-order chi connectivity index (χ0) is 17.8. The van der Waals surface area contributed by atoms with Crippen LogP contribution in [0.4, 0.5) is 0 Å². The van der Waals surface area contributed by atoms with Crippen LogP contribution in [0.25, 0.3) is 0 Å². The molecule has 3 N–H and O–H groups in total. The van der Waals surface area contributed by atoms with Crippen molar-refractivity contribution in [2.24, 2.45) is 13.0 Å². The standard InChI is InChI=1S/C18H24N4O3/c1-22-11-13(7-21-22)15-8-19-9-16(15)18(24)20-10-17(23)12-4-3-5-14(6-12)25-2/h3-7,11,15-17,19,23H,8-10H2,1-2H3,(H,20,24)/t15-,16+,17?/m1/s1. The summed E-state index contributed by atoms with van der Waals surface area (Å²) in [6.07, 6.45) is 2.98. The number of carbonyl (C=O) groups excluding carboxylic acids is 1. The Balaban J connectivity index is 1.59. The first-order chi connectivity index (χ1) is 12.1. The zero-order valence-electron chi connectivity index (χ0n) is 14.5. The van der Waals surface area contributed by atoms with Crippen molar-refractivity contribution in [3.05, 3.63) is 47.8 Å². The summed E-state index contributed by atoms with van der Waals surface area (Å²) in [5.74, 6) is 0.560. The second kappa shape index (κ2) is 7.67. The molecular formula is C18H24N4O3. The summed E-state index contributed by atoms with van der Waals surface area (Å²) in [6.45, 7) is 1.55. The van der Waals surface area contributed by atoms with Gasteiger partial charge in [0.05, 0.1) is 25.3 Å². The number of aliphatic hydroxyl groups is 1. The van der Waals surface area contributed by atoms with Crippen LogP contribution < -0.4 is 15.4 Å². The molecule has 134 valence electrons. The summed E-state index contributed by atoms with van der Waals surface area (Å²) in [5, 5.41) is 20.6. The molecule has 2 heterocycles. The number of benzene rings is 1. The van der Waals surface area contributed by atoms with Gasteiger partial charge in [-0.15, -0.1) is 0 Å². The number of aryl methyl sites for hydroxylation is 1. The second-order valence-electron chi connectivity index (χ2n) is 6.36. The third kappa shape index (κ3) is 4.00. The molecule has 3 rings (SSSR count). The van der Waals surface area contributed by atoms with Crippen molar-refractivity contribution >= 4 is 5.91 Å². The molecule has 1 fully saturated rings. The molecule has 1 unspecified atom stereocenters. The van der Waals surface area contributed by atoms with Crippen molar-refractivity contribution in [1.29, 1.82) is 0 Å². The quantitative estimate of drug-likeness (QED) is 0.713. The second-order valence-corrected chi connectivity index (χ2v) is 6.36. The van der Waals surface area contributed by atoms with E-state index < -0.39 is 6.10 Å². The van der Waals surface area contributed by atoms with Gasteiger partial charge in [0, 0.05) is 38.8 Å². The Morgan fingerprint density at radius 3 is 3.08 bits per heavy atom. The zero-order valence-corrected chi connectivity index (χ0v) is 14.5. The van der Waals surface area contributed by atoms with Gasteiger partial charge in [0.15, 0.2) is 0 Å². The predicted molar refractivity (Wildman–Crippen MR) is 93.3 cm³/mol. The van der Waals surface area contributed by atoms with Gasteiger partial charge in [-0.3, -0.25) is 9.48 Å². The highest BCUT2D eigenvalue weighted by molar-refractivity contribution is 5.80. The normalized spacial score (nSPS) is 21.1. The van der Waals surface area contributed by atoms with E-state index in [0.717, 1.165) is 12.1 Å². The number of amides is 1. The molecule has 1 aliphatic heterocycles. The van der Waals surface area contributed by atoms with E-state index in [1.54, 1.807) is 17.9 Å². The molecule has 2 aromatic rings. The van der Waals surface area contributed by atoms with Crippen LogP contribution in [0.15, 0.2) is 36.7 Å². The highest BCUT2D eigenvalue weighted by Crippen LogP contribution is 2.28. The first kappa shape index (κ1) is 17.4. The molecule has 3 atom stereocenters. The van der Waals surface area contributed by atoms with Crippen molar-refractivity contribution in [2.75, 3.05) is 26.7 Å². The molecule has 1 saturated heterocycles. The molecule has 25 heavy (non-hydrogen) atoms. The van der Waals surface area contributed by atoms with E-state index in [-0.39, 0.29) is 24.3 Å². The van der Waals surface area contributed by atoms with E-state index >= 15 is 0 Å². The predicted octanol–water partition coefficient (Wildman–Crippen LogP) is 0.581. The van der Waals surface area contributed by atoms with Gasteiger partial charge in [-0.25, -0.2) is 0 Å². The highest BCUT2D eigenvalue weighted by atomic mass is 16.5. The van der Waals surface area contributed by atoms with Crippen LogP contribution in [0, 0.1) is 5.92 Å². The van der Waals surface area contributed by atoms with Crippen molar-refractivity contribution in [3.8, 4) is 5.75 Å². The summed E-state index contributed by atoms with van der Waals surface area (Å²) in [4.78, 5) is 12.6. The lowest BCUT2D eigenvalue weighted by Gasteiger charge is -2.19. The smallest absolute Gasteiger partial charge is 0.225 e. The van der Waals surface area contributed by atoms with Crippen molar-refractivity contribution < 1.29 is 14.6 Å². The fourth-order valence-electron chi connectivity index (χ4n) is 3.23. The maximum absolute atomic E-state index is 12.6. The lowest BCUT2D eigenvalue weighted by Crippen LogP contribution is -2.36. The van der Waals surface area contributed by atoms with Gasteiger partial charge in [0.25, 0.3) is 0 Å². The Morgan fingerprint density at radius 1 is 1.52 bits per heavy atom. The van der Waals surface area contributed by atoms with Crippen molar-refractivity contribution in [3.63, 3.8) is 0 Å². The monoisotopic (exact) mass is 344 g/mol. The average molecular weight is 344 g/mol. The number of aromatic nitrogens is 2. The molecule has 1 aromatic heterocycles. The lowest BCUT2D eigenvalue weighted by atomic mass is 9.90. The molecule has 0 spiro atoms. The number of hydrogen-bond acceptors (Lipinski definition) is 5. The van der Waals surface area contributed by atoms with Crippen LogP contribution in [0.1, 0.15) is 23.1 Å². The lowest BCUT2D eigenvalue weighted by molar-refractivity contribution is -0.125. The molecular weight excluding hydrogens is 320 g/mol. The van der Waals surface area contributed by atoms with Gasteiger partial charge in [-0.1, -0.05) is 12.1 Å². The molecule has 0 saturated carbocycles. The van der Waals surface area contributed by atoms with Gasteiger partial charge in [0.2, 0.25) is 5.91 Å². The van der Waals surface area contributed by atoms with Crippen LogP contribution in [0.5, 0.6) is 5.75 Å². The average Bonchev–Trinajstić information content (AvgIpc) is 3.28. The maximum Gasteiger partial charge on any atom is 0.225 e. The minimum absolute atomic E-state index is 0.0548. The SMILES string of the molecule is COc1cccc(C(O)CNC(=O)[C@H]2CNC[C@@H]2c2cnn(C)c2)c1. The number of nitrogens with zero attached hydrogens (tertiary/aromatic N) is 2. The van der Waals surface area contributed by atoms with Crippen LogP contribution >= 0.6 is 0 Å². The molecule has 7 nitrogen and oxygen atoms in total. The number of nitrogens with one attached hydrogen (secondary N) is 2. The summed E-state index contributed by atoms with van der Waals surface area (Å²) in [5.41, 5.74) is 1.77. The Hall–Kier alpha value is -2.38. The third-order valence-corrected chi connectivity index (χ3v) is 4.65. The molecule has 1 aromatic carbocycles. The van der Waals surface area contributed by atoms with E-state index in [1.807, 2.05) is 37.6 Å². The Bertz CT molecular complexity index is 731. The summed E-state index contributed by atoms with van der Waals surface area (Å²) in [7, 11) is 3.45. The van der Waals surface area contributed by atoms with Gasteiger partial charge in [0.1, 0.15) is 5.75 Å². The summed E-state index contributed by atoms with van der Waals surface area (Å²) < 4.78 is 6.91. The molecule has 0 bridgehead atoms. The number of rotatable bonds is 6. The fourth-order valence-corrected chi connectivity index (χ4v) is 3.23. The highest BCUT2D eigenvalue weighted by Gasteiger charge is 2.34. The minimum Gasteiger partial charge on any atom is -0.497 e. The molecule has 1 amide bonds. The topological polar surface area (TPSA) is 88.4 Å². The van der Waals surface area contributed by atoms with Gasteiger partial charge < -0.3 is 20.5 Å². The number of hydrogen-bond donors (Lipinski definition) is 3. The number of methoxy groups -OCH3 is 1. The van der Waals surface area contributed by atoms with E-state index in [1.165, 1.54) is 0 Å². The number of ether oxygens (including phenoxy) is 1. The van der Waals surface area contributed by atoms with Gasteiger partial charge in [-0.2, -0.15) is 5.10 Å². The van der Waals surface area contributed by atoms with Gasteiger partial charge >= 0.3 is 0 Å². The van der Waals surface area contributed by atoms with Crippen molar-refractivity contribution in [2.45, 2.75) is 12.0 Å². The van der Waals surface area contributed by atoms with Crippen LogP contribution in [0.3, 0.4) is 0 Å². The van der Waals surface area contributed by atoms with E-state index in [2.05, 4.69) is 15.7 Å². The Kier molecular flexibility index (Phi) is 5.35. The Labute approximate surface area is 147 Å². The van der Waals surface area contributed by atoms with E-state index in [0.29, 0.717) is 17.9 Å². The molecule has 7 heteroatoms. The van der Waals surface area contributed by atoms with Crippen LogP contribution in [-0.4, -0.2) is 47.5 Å². The fraction of sp³-hybridized carbons (Fsp3) is 0.444. The van der Waals surface area contributed by atoms with Crippen molar-refractivity contribution in [1.82, 2.24) is 20.4 Å². The summed E-state index contributed by atoms with van der Waals surface area (Å²) in [6, 6.07) is 7.22. The Morgan fingerprint density at radius 2 is 2.36 bits per heavy atom.